The number of fused-ring (bicyclic) bond motifs is 1. The Balaban J connectivity index is 1.76. The van der Waals surface area contributed by atoms with Crippen molar-refractivity contribution in [2.75, 3.05) is 31.1 Å². The van der Waals surface area contributed by atoms with E-state index in [0.29, 0.717) is 5.75 Å². The Kier molecular flexibility index (Phi) is 4.42. The number of nitrogens with one attached hydrogen (secondary N) is 1. The Labute approximate surface area is 150 Å². The molecule has 0 amide bonds. The van der Waals surface area contributed by atoms with Crippen molar-refractivity contribution in [2.24, 2.45) is 0 Å². The number of halogens is 2. The van der Waals surface area contributed by atoms with Gasteiger partial charge in [-0.1, -0.05) is 0 Å². The molecule has 1 aliphatic rings. The van der Waals surface area contributed by atoms with Gasteiger partial charge in [0, 0.05) is 55.1 Å². The minimum Gasteiger partial charge on any atom is -0.456 e. The Hall–Kier alpha value is -2.73. The predicted octanol–water partition coefficient (Wildman–Crippen LogP) is 4.02. The van der Waals surface area contributed by atoms with E-state index in [-0.39, 0.29) is 5.75 Å². The second-order valence-corrected chi connectivity index (χ2v) is 6.39. The lowest BCUT2D eigenvalue weighted by molar-refractivity contribution is 0.462. The van der Waals surface area contributed by atoms with Gasteiger partial charge in [0.05, 0.1) is 5.52 Å². The van der Waals surface area contributed by atoms with Crippen molar-refractivity contribution in [1.29, 1.82) is 0 Å². The molecule has 0 spiro atoms. The van der Waals surface area contributed by atoms with Gasteiger partial charge in [0.25, 0.3) is 0 Å². The van der Waals surface area contributed by atoms with Crippen molar-refractivity contribution in [3.63, 3.8) is 0 Å². The van der Waals surface area contributed by atoms with Crippen LogP contribution in [0.3, 0.4) is 0 Å². The van der Waals surface area contributed by atoms with Gasteiger partial charge in [-0.25, -0.2) is 8.78 Å². The van der Waals surface area contributed by atoms with Gasteiger partial charge in [0.15, 0.2) is 11.6 Å². The predicted molar refractivity (Wildman–Crippen MR) is 98.0 cm³/mol. The third-order valence-electron chi connectivity index (χ3n) is 4.57. The fraction of sp³-hybridized carbons (Fsp3) is 0.250. The third-order valence-corrected chi connectivity index (χ3v) is 4.57. The smallest absolute Gasteiger partial charge is 0.162 e. The number of piperazine rings is 1. The van der Waals surface area contributed by atoms with Gasteiger partial charge in [-0.05, 0) is 37.3 Å². The Morgan fingerprint density at radius 3 is 2.62 bits per heavy atom. The first kappa shape index (κ1) is 16.7. The first-order valence-corrected chi connectivity index (χ1v) is 8.60. The number of hydrogen-bond donors (Lipinski definition) is 1. The second-order valence-electron chi connectivity index (χ2n) is 6.39. The summed E-state index contributed by atoms with van der Waals surface area (Å²) in [6.07, 6.45) is 1.72. The zero-order valence-electron chi connectivity index (χ0n) is 14.4. The van der Waals surface area contributed by atoms with Gasteiger partial charge in [0.1, 0.15) is 11.5 Å². The number of ether oxygens (including phenoxy) is 1. The highest BCUT2D eigenvalue weighted by Crippen LogP contribution is 2.35. The summed E-state index contributed by atoms with van der Waals surface area (Å²) in [6.45, 7) is 5.65. The van der Waals surface area contributed by atoms with Gasteiger partial charge in [-0.3, -0.25) is 4.98 Å². The number of anilines is 1. The van der Waals surface area contributed by atoms with Crippen LogP contribution in [0.2, 0.25) is 0 Å². The van der Waals surface area contributed by atoms with E-state index in [1.165, 1.54) is 6.07 Å². The van der Waals surface area contributed by atoms with Gasteiger partial charge < -0.3 is 15.0 Å². The zero-order chi connectivity index (χ0) is 18.1. The van der Waals surface area contributed by atoms with Crippen LogP contribution in [0.5, 0.6) is 11.5 Å². The van der Waals surface area contributed by atoms with E-state index >= 15 is 0 Å². The average molecular weight is 355 g/mol. The molecule has 3 aromatic rings. The van der Waals surface area contributed by atoms with Crippen molar-refractivity contribution in [3.05, 3.63) is 59.8 Å². The van der Waals surface area contributed by atoms with Gasteiger partial charge >= 0.3 is 0 Å². The SMILES string of the molecule is Cc1cnc2ccc(N3CCNCC3)cc2c1Oc1ccc(F)c(F)c1. The lowest BCUT2D eigenvalue weighted by Crippen LogP contribution is -2.43. The van der Waals surface area contributed by atoms with Crippen molar-refractivity contribution < 1.29 is 13.5 Å². The molecule has 0 saturated carbocycles. The molecule has 1 saturated heterocycles. The zero-order valence-corrected chi connectivity index (χ0v) is 14.4. The number of rotatable bonds is 3. The first-order valence-electron chi connectivity index (χ1n) is 8.60. The van der Waals surface area contributed by atoms with Crippen LogP contribution in [0.1, 0.15) is 5.56 Å². The second kappa shape index (κ2) is 6.88. The van der Waals surface area contributed by atoms with Crippen LogP contribution in [-0.2, 0) is 0 Å². The van der Waals surface area contributed by atoms with Gasteiger partial charge in [0.2, 0.25) is 0 Å². The molecule has 2 heterocycles. The van der Waals surface area contributed by atoms with Crippen molar-refractivity contribution >= 4 is 16.6 Å². The average Bonchev–Trinajstić information content (AvgIpc) is 2.67. The quantitative estimate of drug-likeness (QED) is 0.770. The van der Waals surface area contributed by atoms with Crippen LogP contribution in [0.15, 0.2) is 42.6 Å². The molecular formula is C20H19F2N3O. The molecule has 2 aromatic carbocycles. The highest BCUT2D eigenvalue weighted by molar-refractivity contribution is 5.89. The highest BCUT2D eigenvalue weighted by atomic mass is 19.2. The van der Waals surface area contributed by atoms with Crippen molar-refractivity contribution in [3.8, 4) is 11.5 Å². The molecule has 134 valence electrons. The van der Waals surface area contributed by atoms with E-state index in [1.807, 2.05) is 13.0 Å². The lowest BCUT2D eigenvalue weighted by atomic mass is 10.1. The maximum Gasteiger partial charge on any atom is 0.162 e. The molecule has 1 aliphatic heterocycles. The number of hydrogen-bond acceptors (Lipinski definition) is 4. The molecule has 0 bridgehead atoms. The van der Waals surface area contributed by atoms with Crippen LogP contribution in [0.25, 0.3) is 10.9 Å². The molecule has 0 atom stereocenters. The van der Waals surface area contributed by atoms with Crippen LogP contribution < -0.4 is 15.0 Å². The minimum atomic E-state index is -0.931. The molecule has 6 heteroatoms. The fourth-order valence-corrected chi connectivity index (χ4v) is 3.17. The fourth-order valence-electron chi connectivity index (χ4n) is 3.17. The van der Waals surface area contributed by atoms with Crippen LogP contribution in [0, 0.1) is 18.6 Å². The maximum atomic E-state index is 13.5. The molecule has 4 nitrogen and oxygen atoms in total. The van der Waals surface area contributed by atoms with E-state index in [2.05, 4.69) is 27.3 Å². The van der Waals surface area contributed by atoms with E-state index in [0.717, 1.165) is 60.5 Å². The largest absolute Gasteiger partial charge is 0.456 e. The Morgan fingerprint density at radius 1 is 1.04 bits per heavy atom. The van der Waals surface area contributed by atoms with Crippen molar-refractivity contribution in [1.82, 2.24) is 10.3 Å². The first-order chi connectivity index (χ1) is 12.6. The normalized spacial score (nSPS) is 14.7. The standard InChI is InChI=1S/C20H19F2N3O/c1-13-12-24-19-5-2-14(25-8-6-23-7-9-25)10-16(19)20(13)26-15-3-4-17(21)18(22)11-15/h2-5,10-12,23H,6-9H2,1H3. The summed E-state index contributed by atoms with van der Waals surface area (Å²) in [4.78, 5) is 6.76. The molecule has 0 unspecified atom stereocenters. The lowest BCUT2D eigenvalue weighted by Gasteiger charge is -2.29. The molecule has 26 heavy (non-hydrogen) atoms. The highest BCUT2D eigenvalue weighted by Gasteiger charge is 2.15. The number of pyridine rings is 1. The molecule has 1 aromatic heterocycles. The van der Waals surface area contributed by atoms with Crippen molar-refractivity contribution in [2.45, 2.75) is 6.92 Å². The molecule has 0 radical (unpaired) electrons. The van der Waals surface area contributed by atoms with E-state index in [9.17, 15) is 8.78 Å². The van der Waals surface area contributed by atoms with E-state index in [1.54, 1.807) is 6.20 Å². The maximum absolute atomic E-state index is 13.5. The molecule has 1 fully saturated rings. The number of aromatic nitrogens is 1. The number of aryl methyl sites for hydroxylation is 1. The summed E-state index contributed by atoms with van der Waals surface area (Å²) >= 11 is 0. The number of nitrogens with zero attached hydrogens (tertiary/aromatic N) is 2. The monoisotopic (exact) mass is 355 g/mol. The summed E-state index contributed by atoms with van der Waals surface area (Å²) in [6, 6.07) is 9.61. The molecule has 0 aliphatic carbocycles. The summed E-state index contributed by atoms with van der Waals surface area (Å²) in [5.41, 5.74) is 2.73. The van der Waals surface area contributed by atoms with E-state index < -0.39 is 11.6 Å². The summed E-state index contributed by atoms with van der Waals surface area (Å²) in [7, 11) is 0. The van der Waals surface area contributed by atoms with Gasteiger partial charge in [-0.15, -0.1) is 0 Å². The van der Waals surface area contributed by atoms with Gasteiger partial charge in [-0.2, -0.15) is 0 Å². The summed E-state index contributed by atoms with van der Waals surface area (Å²) < 4.78 is 32.6. The summed E-state index contributed by atoms with van der Waals surface area (Å²) in [5, 5.41) is 4.19. The molecule has 4 rings (SSSR count). The van der Waals surface area contributed by atoms with Crippen LogP contribution in [-0.4, -0.2) is 31.2 Å². The minimum absolute atomic E-state index is 0.257. The molecular weight excluding hydrogens is 336 g/mol. The van der Waals surface area contributed by atoms with Crippen LogP contribution in [0.4, 0.5) is 14.5 Å². The third kappa shape index (κ3) is 3.20. The van der Waals surface area contributed by atoms with E-state index in [4.69, 9.17) is 4.74 Å². The topological polar surface area (TPSA) is 37.4 Å². The Morgan fingerprint density at radius 2 is 1.85 bits per heavy atom. The van der Waals surface area contributed by atoms with Crippen LogP contribution >= 0.6 is 0 Å². The molecule has 1 N–H and O–H groups in total. The Bertz CT molecular complexity index is 955. The summed E-state index contributed by atoms with van der Waals surface area (Å²) in [5.74, 6) is -0.959. The number of benzene rings is 2.